The number of hydrogen-bond donors (Lipinski definition) is 1. The van der Waals surface area contributed by atoms with Crippen molar-refractivity contribution in [2.24, 2.45) is 0 Å². The van der Waals surface area contributed by atoms with Crippen molar-refractivity contribution in [3.8, 4) is 17.6 Å². The molecule has 0 aliphatic carbocycles. The highest BCUT2D eigenvalue weighted by molar-refractivity contribution is 5.67. The number of carbonyl (C=O) groups is 1. The molecule has 1 N–H and O–H groups in total. The van der Waals surface area contributed by atoms with Crippen LogP contribution >= 0.6 is 0 Å². The minimum absolute atomic E-state index is 0.184. The topological polar surface area (TPSA) is 47.6 Å². The van der Waals surface area contributed by atoms with Crippen molar-refractivity contribution in [1.82, 2.24) is 5.32 Å². The number of nitrogens with one attached hydrogen (secondary N) is 1. The van der Waals surface area contributed by atoms with E-state index in [9.17, 15) is 9.18 Å². The Morgan fingerprint density at radius 3 is 2.71 bits per heavy atom. The monoisotopic (exact) mass is 327 g/mol. The largest absolute Gasteiger partial charge is 0.494 e. The van der Waals surface area contributed by atoms with Gasteiger partial charge in [0.05, 0.1) is 7.11 Å². The summed E-state index contributed by atoms with van der Waals surface area (Å²) in [7, 11) is 1.41. The molecule has 2 aromatic carbocycles. The molecule has 0 aliphatic heterocycles. The second kappa shape index (κ2) is 9.21. The summed E-state index contributed by atoms with van der Waals surface area (Å²) in [5.41, 5.74) is 1.48. The average Bonchev–Trinajstić information content (AvgIpc) is 2.61. The van der Waals surface area contributed by atoms with E-state index in [2.05, 4.69) is 17.2 Å². The lowest BCUT2D eigenvalue weighted by Gasteiger charge is -2.05. The van der Waals surface area contributed by atoms with Crippen LogP contribution in [0, 0.1) is 17.7 Å². The van der Waals surface area contributed by atoms with Crippen molar-refractivity contribution in [2.45, 2.75) is 13.0 Å². The summed E-state index contributed by atoms with van der Waals surface area (Å²) < 4.78 is 23.4. The van der Waals surface area contributed by atoms with E-state index in [1.807, 2.05) is 30.3 Å². The van der Waals surface area contributed by atoms with Crippen LogP contribution in [0.15, 0.2) is 48.5 Å². The van der Waals surface area contributed by atoms with Gasteiger partial charge in [0.25, 0.3) is 0 Å². The predicted molar refractivity (Wildman–Crippen MR) is 89.1 cm³/mol. The molecular weight excluding hydrogens is 309 g/mol. The molecule has 0 radical (unpaired) electrons. The fourth-order valence-corrected chi connectivity index (χ4v) is 1.91. The molecule has 4 nitrogen and oxygen atoms in total. The van der Waals surface area contributed by atoms with Crippen LogP contribution in [0.2, 0.25) is 0 Å². The lowest BCUT2D eigenvalue weighted by molar-refractivity contribution is 0.140. The van der Waals surface area contributed by atoms with E-state index in [1.54, 1.807) is 6.07 Å². The molecule has 2 aromatic rings. The maximum Gasteiger partial charge on any atom is 0.407 e. The summed E-state index contributed by atoms with van der Waals surface area (Å²) in [6.45, 7) is 0.586. The Bertz CT molecular complexity index is 735. The number of rotatable bonds is 5. The van der Waals surface area contributed by atoms with E-state index < -0.39 is 11.9 Å². The normalized spacial score (nSPS) is 9.58. The van der Waals surface area contributed by atoms with Gasteiger partial charge in [-0.25, -0.2) is 9.18 Å². The van der Waals surface area contributed by atoms with E-state index in [0.717, 1.165) is 5.56 Å². The maximum absolute atomic E-state index is 13.5. The highest BCUT2D eigenvalue weighted by atomic mass is 19.1. The Morgan fingerprint density at radius 1 is 1.21 bits per heavy atom. The van der Waals surface area contributed by atoms with Crippen molar-refractivity contribution in [1.29, 1.82) is 0 Å². The van der Waals surface area contributed by atoms with Crippen molar-refractivity contribution < 1.29 is 18.7 Å². The van der Waals surface area contributed by atoms with Gasteiger partial charge in [-0.15, -0.1) is 0 Å². The molecule has 0 fully saturated rings. The summed E-state index contributed by atoms with van der Waals surface area (Å²) in [5, 5.41) is 2.61. The zero-order chi connectivity index (χ0) is 17.2. The molecular formula is C19H18FNO3. The van der Waals surface area contributed by atoms with Crippen LogP contribution in [0.25, 0.3) is 0 Å². The highest BCUT2D eigenvalue weighted by Gasteiger charge is 2.02. The average molecular weight is 327 g/mol. The van der Waals surface area contributed by atoms with E-state index in [1.165, 1.54) is 19.2 Å². The fourth-order valence-electron chi connectivity index (χ4n) is 1.91. The number of halogens is 1. The Hall–Kier alpha value is -3.00. The first kappa shape index (κ1) is 17.4. The fraction of sp³-hybridized carbons (Fsp3) is 0.211. The number of ether oxygens (including phenoxy) is 2. The third kappa shape index (κ3) is 5.65. The summed E-state index contributed by atoms with van der Waals surface area (Å²) in [5.74, 6) is 5.43. The third-order valence-corrected chi connectivity index (χ3v) is 3.12. The first-order chi connectivity index (χ1) is 11.7. The second-order valence-corrected chi connectivity index (χ2v) is 4.89. The van der Waals surface area contributed by atoms with Gasteiger partial charge in [0, 0.05) is 18.5 Å². The van der Waals surface area contributed by atoms with Crippen LogP contribution in [-0.2, 0) is 11.3 Å². The predicted octanol–water partition coefficient (Wildman–Crippen LogP) is 3.50. The van der Waals surface area contributed by atoms with Crippen LogP contribution in [0.1, 0.15) is 17.5 Å². The van der Waals surface area contributed by atoms with Gasteiger partial charge in [0.1, 0.15) is 6.61 Å². The zero-order valence-electron chi connectivity index (χ0n) is 13.3. The summed E-state index contributed by atoms with van der Waals surface area (Å²) in [4.78, 5) is 11.5. The molecule has 5 heteroatoms. The Kier molecular flexibility index (Phi) is 6.66. The molecule has 2 rings (SSSR count). The van der Waals surface area contributed by atoms with Crippen molar-refractivity contribution in [2.75, 3.05) is 13.7 Å². The molecule has 1 amide bonds. The molecule has 0 bridgehead atoms. The second-order valence-electron chi connectivity index (χ2n) is 4.89. The van der Waals surface area contributed by atoms with Gasteiger partial charge in [-0.05, 0) is 23.8 Å². The highest BCUT2D eigenvalue weighted by Crippen LogP contribution is 2.16. The maximum atomic E-state index is 13.5. The van der Waals surface area contributed by atoms with Crippen LogP contribution in [0.4, 0.5) is 9.18 Å². The number of benzene rings is 2. The number of carbonyl (C=O) groups excluding carboxylic acids is 1. The quantitative estimate of drug-likeness (QED) is 0.675. The summed E-state index contributed by atoms with van der Waals surface area (Å²) in [6.07, 6.45) is -0.0511. The first-order valence-electron chi connectivity index (χ1n) is 7.46. The number of amides is 1. The lowest BCUT2D eigenvalue weighted by atomic mass is 10.2. The van der Waals surface area contributed by atoms with Crippen LogP contribution in [-0.4, -0.2) is 19.7 Å². The Morgan fingerprint density at radius 2 is 2.00 bits per heavy atom. The smallest absolute Gasteiger partial charge is 0.407 e. The van der Waals surface area contributed by atoms with E-state index in [-0.39, 0.29) is 12.4 Å². The molecule has 0 aliphatic rings. The Balaban J connectivity index is 1.69. The van der Waals surface area contributed by atoms with Gasteiger partial charge in [0.2, 0.25) is 0 Å². The molecule has 0 heterocycles. The molecule has 0 spiro atoms. The van der Waals surface area contributed by atoms with E-state index in [4.69, 9.17) is 9.47 Å². The van der Waals surface area contributed by atoms with Gasteiger partial charge in [-0.1, -0.05) is 42.2 Å². The van der Waals surface area contributed by atoms with E-state index >= 15 is 0 Å². The van der Waals surface area contributed by atoms with Crippen molar-refractivity contribution in [3.05, 3.63) is 65.5 Å². The van der Waals surface area contributed by atoms with Crippen LogP contribution in [0.5, 0.6) is 5.75 Å². The molecule has 0 unspecified atom stereocenters. The SMILES string of the molecule is COc1ccc(C#CCCNC(=O)OCc2ccccc2)cc1F. The minimum atomic E-state index is -0.490. The molecule has 124 valence electrons. The van der Waals surface area contributed by atoms with Gasteiger partial charge in [0.15, 0.2) is 11.6 Å². The first-order valence-corrected chi connectivity index (χ1v) is 7.46. The molecule has 0 saturated carbocycles. The number of alkyl carbamates (subject to hydrolysis) is 1. The van der Waals surface area contributed by atoms with Crippen molar-refractivity contribution >= 4 is 6.09 Å². The standard InChI is InChI=1S/C19H18FNO3/c1-23-18-11-10-15(13-17(18)20)7-5-6-12-21-19(22)24-14-16-8-3-2-4-9-16/h2-4,8-11,13H,6,12,14H2,1H3,(H,21,22). The summed E-state index contributed by atoms with van der Waals surface area (Å²) >= 11 is 0. The van der Waals surface area contributed by atoms with Crippen LogP contribution in [0.3, 0.4) is 0 Å². The lowest BCUT2D eigenvalue weighted by Crippen LogP contribution is -2.24. The third-order valence-electron chi connectivity index (χ3n) is 3.12. The van der Waals surface area contributed by atoms with Crippen LogP contribution < -0.4 is 10.1 Å². The minimum Gasteiger partial charge on any atom is -0.494 e. The van der Waals surface area contributed by atoms with Gasteiger partial charge in [-0.2, -0.15) is 0 Å². The zero-order valence-corrected chi connectivity index (χ0v) is 13.3. The number of hydrogen-bond acceptors (Lipinski definition) is 3. The Labute approximate surface area is 140 Å². The van der Waals surface area contributed by atoms with Gasteiger partial charge in [-0.3, -0.25) is 0 Å². The van der Waals surface area contributed by atoms with Crippen molar-refractivity contribution in [3.63, 3.8) is 0 Å². The molecule has 0 atom stereocenters. The molecule has 0 saturated heterocycles. The summed E-state index contributed by atoms with van der Waals surface area (Å²) in [6, 6.07) is 13.9. The number of methoxy groups -OCH3 is 1. The molecule has 24 heavy (non-hydrogen) atoms. The van der Waals surface area contributed by atoms with E-state index in [0.29, 0.717) is 18.5 Å². The van der Waals surface area contributed by atoms with Gasteiger partial charge < -0.3 is 14.8 Å². The van der Waals surface area contributed by atoms with Gasteiger partial charge >= 0.3 is 6.09 Å². The molecule has 0 aromatic heterocycles.